The highest BCUT2D eigenvalue weighted by molar-refractivity contribution is 6.32. The molecule has 0 spiro atoms. The fourth-order valence-electron chi connectivity index (χ4n) is 3.73. The number of ether oxygens (including phenoxy) is 2. The Balaban J connectivity index is 1.40. The summed E-state index contributed by atoms with van der Waals surface area (Å²) in [6.45, 7) is 2.67. The van der Waals surface area contributed by atoms with Crippen molar-refractivity contribution in [2.75, 3.05) is 39.4 Å². The average molecular weight is 433 g/mol. The molecule has 30 heavy (non-hydrogen) atoms. The maximum Gasteiger partial charge on any atom is 0.256 e. The van der Waals surface area contributed by atoms with Crippen molar-refractivity contribution in [3.05, 3.63) is 58.4 Å². The fraction of sp³-hybridized carbons (Fsp3) is 0.364. The third-order valence-corrected chi connectivity index (χ3v) is 5.53. The first-order valence-corrected chi connectivity index (χ1v) is 10.3. The van der Waals surface area contributed by atoms with Crippen LogP contribution >= 0.6 is 11.6 Å². The number of hydrogen-bond donors (Lipinski definition) is 0. The average Bonchev–Trinajstić information content (AvgIpc) is 3.00. The van der Waals surface area contributed by atoms with Gasteiger partial charge in [0.25, 0.3) is 5.91 Å². The maximum atomic E-state index is 14.0. The van der Waals surface area contributed by atoms with Gasteiger partial charge in [0, 0.05) is 26.2 Å². The Morgan fingerprint density at radius 2 is 1.73 bits per heavy atom. The SMILES string of the molecule is O=C(Cc1cc(Cl)c2c(c1)OCCO2)N1CCCN(C(=O)c2ccccc2F)CC1. The van der Waals surface area contributed by atoms with Crippen molar-refractivity contribution in [1.82, 2.24) is 9.80 Å². The Kier molecular flexibility index (Phi) is 6.08. The van der Waals surface area contributed by atoms with E-state index in [2.05, 4.69) is 0 Å². The van der Waals surface area contributed by atoms with Crippen LogP contribution in [0.4, 0.5) is 4.39 Å². The molecule has 0 bridgehead atoms. The molecular weight excluding hydrogens is 411 g/mol. The van der Waals surface area contributed by atoms with Crippen LogP contribution in [0.25, 0.3) is 0 Å². The molecule has 2 aliphatic heterocycles. The normalized spacial score (nSPS) is 16.2. The Morgan fingerprint density at radius 1 is 1.00 bits per heavy atom. The predicted octanol–water partition coefficient (Wildman–Crippen LogP) is 3.17. The van der Waals surface area contributed by atoms with E-state index in [0.717, 1.165) is 5.56 Å². The third-order valence-electron chi connectivity index (χ3n) is 5.25. The lowest BCUT2D eigenvalue weighted by atomic mass is 10.1. The smallest absolute Gasteiger partial charge is 0.256 e. The third kappa shape index (κ3) is 4.36. The zero-order valence-electron chi connectivity index (χ0n) is 16.4. The zero-order chi connectivity index (χ0) is 21.1. The largest absolute Gasteiger partial charge is 0.486 e. The summed E-state index contributed by atoms with van der Waals surface area (Å²) >= 11 is 6.26. The topological polar surface area (TPSA) is 59.1 Å². The number of nitrogens with zero attached hydrogens (tertiary/aromatic N) is 2. The highest BCUT2D eigenvalue weighted by Crippen LogP contribution is 2.38. The van der Waals surface area contributed by atoms with E-state index in [4.69, 9.17) is 21.1 Å². The van der Waals surface area contributed by atoms with Crippen molar-refractivity contribution in [2.24, 2.45) is 0 Å². The van der Waals surface area contributed by atoms with Crippen LogP contribution in [0.15, 0.2) is 36.4 Å². The summed E-state index contributed by atoms with van der Waals surface area (Å²) in [7, 11) is 0. The number of rotatable bonds is 3. The predicted molar refractivity (Wildman–Crippen MR) is 110 cm³/mol. The Bertz CT molecular complexity index is 968. The first kappa shape index (κ1) is 20.5. The van der Waals surface area contributed by atoms with Gasteiger partial charge in [-0.25, -0.2) is 4.39 Å². The molecule has 0 atom stereocenters. The second-order valence-electron chi connectivity index (χ2n) is 7.28. The number of hydrogen-bond acceptors (Lipinski definition) is 4. The number of carbonyl (C=O) groups excluding carboxylic acids is 2. The summed E-state index contributed by atoms with van der Waals surface area (Å²) in [5, 5.41) is 0.424. The summed E-state index contributed by atoms with van der Waals surface area (Å²) in [6.07, 6.45) is 0.811. The molecular formula is C22H22ClFN2O4. The summed E-state index contributed by atoms with van der Waals surface area (Å²) in [4.78, 5) is 28.8. The van der Waals surface area contributed by atoms with Crippen LogP contribution in [0.1, 0.15) is 22.3 Å². The molecule has 2 aliphatic rings. The molecule has 2 heterocycles. The van der Waals surface area contributed by atoms with Gasteiger partial charge >= 0.3 is 0 Å². The van der Waals surface area contributed by atoms with Crippen LogP contribution in [0.2, 0.25) is 5.02 Å². The van der Waals surface area contributed by atoms with Gasteiger partial charge in [0.2, 0.25) is 5.91 Å². The van der Waals surface area contributed by atoms with Gasteiger partial charge in [0.15, 0.2) is 11.5 Å². The fourth-order valence-corrected chi connectivity index (χ4v) is 4.02. The van der Waals surface area contributed by atoms with Crippen molar-refractivity contribution in [3.8, 4) is 11.5 Å². The Hall–Kier alpha value is -2.80. The number of amides is 2. The van der Waals surface area contributed by atoms with Crippen LogP contribution in [-0.2, 0) is 11.2 Å². The summed E-state index contributed by atoms with van der Waals surface area (Å²) < 4.78 is 25.0. The Labute approximate surface area is 179 Å². The van der Waals surface area contributed by atoms with Crippen molar-refractivity contribution in [3.63, 3.8) is 0 Å². The molecule has 0 N–H and O–H groups in total. The quantitative estimate of drug-likeness (QED) is 0.747. The number of benzene rings is 2. The number of fused-ring (bicyclic) bond motifs is 1. The van der Waals surface area contributed by atoms with Gasteiger partial charge in [-0.15, -0.1) is 0 Å². The van der Waals surface area contributed by atoms with E-state index in [1.165, 1.54) is 12.1 Å². The second-order valence-corrected chi connectivity index (χ2v) is 7.69. The number of carbonyl (C=O) groups is 2. The molecule has 158 valence electrons. The molecule has 0 aliphatic carbocycles. The molecule has 0 unspecified atom stereocenters. The first-order chi connectivity index (χ1) is 14.5. The zero-order valence-corrected chi connectivity index (χ0v) is 17.2. The van der Waals surface area contributed by atoms with Gasteiger partial charge in [-0.1, -0.05) is 23.7 Å². The van der Waals surface area contributed by atoms with E-state index in [-0.39, 0.29) is 23.8 Å². The van der Waals surface area contributed by atoms with Crippen LogP contribution < -0.4 is 9.47 Å². The summed E-state index contributed by atoms with van der Waals surface area (Å²) in [5.74, 6) is 0.129. The Morgan fingerprint density at radius 3 is 2.57 bits per heavy atom. The van der Waals surface area contributed by atoms with Gasteiger partial charge < -0.3 is 19.3 Å². The van der Waals surface area contributed by atoms with E-state index >= 15 is 0 Å². The monoisotopic (exact) mass is 432 g/mol. The molecule has 0 aromatic heterocycles. The highest BCUT2D eigenvalue weighted by Gasteiger charge is 2.25. The highest BCUT2D eigenvalue weighted by atomic mass is 35.5. The number of halogens is 2. The molecule has 6 nitrogen and oxygen atoms in total. The lowest BCUT2D eigenvalue weighted by Gasteiger charge is -2.23. The minimum atomic E-state index is -0.532. The molecule has 2 aromatic carbocycles. The maximum absolute atomic E-state index is 14.0. The summed E-state index contributed by atoms with van der Waals surface area (Å²) in [6, 6.07) is 9.46. The van der Waals surface area contributed by atoms with Crippen LogP contribution in [0.5, 0.6) is 11.5 Å². The lowest BCUT2D eigenvalue weighted by molar-refractivity contribution is -0.130. The minimum Gasteiger partial charge on any atom is -0.486 e. The molecule has 4 rings (SSSR count). The second kappa shape index (κ2) is 8.92. The van der Waals surface area contributed by atoms with Gasteiger partial charge in [-0.05, 0) is 36.2 Å². The molecule has 0 saturated carbocycles. The summed E-state index contributed by atoms with van der Waals surface area (Å²) in [5.41, 5.74) is 0.806. The van der Waals surface area contributed by atoms with Crippen molar-refractivity contribution in [1.29, 1.82) is 0 Å². The van der Waals surface area contributed by atoms with E-state index in [1.54, 1.807) is 34.1 Å². The van der Waals surface area contributed by atoms with Crippen LogP contribution in [0.3, 0.4) is 0 Å². The van der Waals surface area contributed by atoms with Gasteiger partial charge in [-0.3, -0.25) is 9.59 Å². The van der Waals surface area contributed by atoms with Crippen LogP contribution in [0, 0.1) is 5.82 Å². The van der Waals surface area contributed by atoms with Gasteiger partial charge in [0.05, 0.1) is 17.0 Å². The molecule has 0 radical (unpaired) electrons. The molecule has 2 aromatic rings. The van der Waals surface area contributed by atoms with E-state index in [9.17, 15) is 14.0 Å². The van der Waals surface area contributed by atoms with Gasteiger partial charge in [-0.2, -0.15) is 0 Å². The first-order valence-electron chi connectivity index (χ1n) is 9.92. The molecule has 1 fully saturated rings. The molecule has 8 heteroatoms. The lowest BCUT2D eigenvalue weighted by Crippen LogP contribution is -2.38. The molecule has 1 saturated heterocycles. The van der Waals surface area contributed by atoms with E-state index < -0.39 is 5.82 Å². The van der Waals surface area contributed by atoms with Crippen LogP contribution in [-0.4, -0.2) is 61.0 Å². The van der Waals surface area contributed by atoms with E-state index in [1.807, 2.05) is 0 Å². The van der Waals surface area contributed by atoms with Gasteiger partial charge in [0.1, 0.15) is 19.0 Å². The van der Waals surface area contributed by atoms with E-state index in [0.29, 0.717) is 62.3 Å². The van der Waals surface area contributed by atoms with Crippen molar-refractivity contribution in [2.45, 2.75) is 12.8 Å². The minimum absolute atomic E-state index is 0.0528. The van der Waals surface area contributed by atoms with Crippen molar-refractivity contribution >= 4 is 23.4 Å². The standard InChI is InChI=1S/C22H22ClFN2O4/c23-17-12-15(13-19-21(17)30-11-10-29-19)14-20(27)25-6-3-7-26(9-8-25)22(28)16-4-1-2-5-18(16)24/h1-2,4-5,12-13H,3,6-11,14H2. The molecule has 2 amide bonds. The van der Waals surface area contributed by atoms with Crippen molar-refractivity contribution < 1.29 is 23.5 Å².